The van der Waals surface area contributed by atoms with Gasteiger partial charge in [0.05, 0.1) is 24.6 Å². The Hall–Kier alpha value is -4.74. The Bertz CT molecular complexity index is 1510. The highest BCUT2D eigenvalue weighted by Gasteiger charge is 2.36. The van der Waals surface area contributed by atoms with E-state index in [2.05, 4.69) is 16.0 Å². The predicted molar refractivity (Wildman–Crippen MR) is 178 cm³/mol. The highest BCUT2D eigenvalue weighted by atomic mass is 16.5. The number of carbonyl (C=O) groups is 4. The normalized spacial score (nSPS) is 16.6. The average molecular weight is 644 g/mol. The summed E-state index contributed by atoms with van der Waals surface area (Å²) < 4.78 is 5.26. The maximum atomic E-state index is 13.6. The lowest BCUT2D eigenvalue weighted by atomic mass is 9.91. The summed E-state index contributed by atoms with van der Waals surface area (Å²) in [6.07, 6.45) is -1.78. The molecule has 0 saturated carbocycles. The van der Waals surface area contributed by atoms with Crippen LogP contribution < -0.4 is 21.7 Å². The van der Waals surface area contributed by atoms with Crippen LogP contribution in [-0.2, 0) is 45.1 Å². The topological polar surface area (TPSA) is 163 Å². The fourth-order valence-electron chi connectivity index (χ4n) is 5.60. The number of carbonyl (C=O) groups excluding carboxylic acids is 4. The molecule has 3 aromatic carbocycles. The molecule has 0 aromatic heterocycles. The molecule has 0 unspecified atom stereocenters. The zero-order valence-corrected chi connectivity index (χ0v) is 27.1. The van der Waals surface area contributed by atoms with E-state index in [1.165, 1.54) is 0 Å². The number of amides is 4. The molecule has 0 aliphatic carbocycles. The van der Waals surface area contributed by atoms with Crippen LogP contribution in [0.2, 0.25) is 0 Å². The number of nitrogens with one attached hydrogen (secondary N) is 3. The molecule has 4 atom stereocenters. The highest BCUT2D eigenvalue weighted by Crippen LogP contribution is 2.25. The van der Waals surface area contributed by atoms with Gasteiger partial charge in [-0.3, -0.25) is 19.3 Å². The molecule has 0 bridgehead atoms. The van der Waals surface area contributed by atoms with E-state index in [0.717, 1.165) is 22.3 Å². The summed E-state index contributed by atoms with van der Waals surface area (Å²) in [6.45, 7) is 6.22. The number of aliphatic hydroxyl groups excluding tert-OH is 1. The maximum absolute atomic E-state index is 13.6. The predicted octanol–water partition coefficient (Wildman–Crippen LogP) is 2.59. The Kier molecular flexibility index (Phi) is 12.1. The number of β-amino-alcohol motifs (C(OH)–C–C–N with tert-alkyl or cyclic N) is 1. The van der Waals surface area contributed by atoms with E-state index in [1.807, 2.05) is 86.3 Å². The van der Waals surface area contributed by atoms with Gasteiger partial charge in [0.2, 0.25) is 17.7 Å². The number of hydrogen-bond donors (Lipinski definition) is 5. The number of aliphatic hydroxyl groups is 1. The molecule has 1 aliphatic heterocycles. The van der Waals surface area contributed by atoms with Crippen molar-refractivity contribution in [1.82, 2.24) is 20.9 Å². The van der Waals surface area contributed by atoms with Gasteiger partial charge in [-0.2, -0.15) is 0 Å². The molecule has 0 spiro atoms. The third-order valence-electron chi connectivity index (χ3n) is 7.89. The molecule has 0 saturated heterocycles. The molecule has 3 aromatic rings. The molecule has 1 aliphatic rings. The van der Waals surface area contributed by atoms with Crippen LogP contribution in [0, 0.1) is 0 Å². The van der Waals surface area contributed by atoms with E-state index in [1.54, 1.807) is 24.3 Å². The molecule has 6 N–H and O–H groups in total. The maximum Gasteiger partial charge on any atom is 0.408 e. The molecule has 250 valence electrons. The first kappa shape index (κ1) is 35.1. The molecular weight excluding hydrogens is 598 g/mol. The Morgan fingerprint density at radius 2 is 1.49 bits per heavy atom. The highest BCUT2D eigenvalue weighted by molar-refractivity contribution is 5.90. The van der Waals surface area contributed by atoms with E-state index in [0.29, 0.717) is 13.0 Å². The van der Waals surface area contributed by atoms with Crippen molar-refractivity contribution in [2.24, 2.45) is 5.73 Å². The van der Waals surface area contributed by atoms with Crippen molar-refractivity contribution in [2.45, 2.75) is 83.0 Å². The number of fused-ring (bicyclic) bond motifs is 1. The molecule has 4 amide bonds. The van der Waals surface area contributed by atoms with Gasteiger partial charge in [-0.1, -0.05) is 84.9 Å². The van der Waals surface area contributed by atoms with Crippen LogP contribution in [0.1, 0.15) is 49.4 Å². The summed E-state index contributed by atoms with van der Waals surface area (Å²) in [5.74, 6) is -1.65. The average Bonchev–Trinajstić information content (AvgIpc) is 3.02. The number of ether oxygens (including phenoxy) is 1. The van der Waals surface area contributed by atoms with Crippen molar-refractivity contribution < 1.29 is 29.0 Å². The summed E-state index contributed by atoms with van der Waals surface area (Å²) in [5, 5.41) is 20.1. The van der Waals surface area contributed by atoms with E-state index in [4.69, 9.17) is 10.5 Å². The lowest BCUT2D eigenvalue weighted by Crippen LogP contribution is -2.59. The Morgan fingerprint density at radius 1 is 0.894 bits per heavy atom. The first-order valence-corrected chi connectivity index (χ1v) is 15.8. The fourth-order valence-corrected chi connectivity index (χ4v) is 5.60. The second kappa shape index (κ2) is 16.2. The Balaban J connectivity index is 1.52. The molecule has 0 fully saturated rings. The smallest absolute Gasteiger partial charge is 0.408 e. The zero-order valence-electron chi connectivity index (χ0n) is 27.1. The van der Waals surface area contributed by atoms with Crippen molar-refractivity contribution in [3.05, 3.63) is 107 Å². The molecule has 11 nitrogen and oxygen atoms in total. The van der Waals surface area contributed by atoms with Crippen molar-refractivity contribution in [1.29, 1.82) is 0 Å². The largest absolute Gasteiger partial charge is 0.445 e. The van der Waals surface area contributed by atoms with Gasteiger partial charge >= 0.3 is 6.09 Å². The van der Waals surface area contributed by atoms with Crippen LogP contribution >= 0.6 is 0 Å². The van der Waals surface area contributed by atoms with Crippen LogP contribution in [0.25, 0.3) is 0 Å². The van der Waals surface area contributed by atoms with Gasteiger partial charge in [0.25, 0.3) is 0 Å². The number of benzene rings is 3. The first-order chi connectivity index (χ1) is 22.4. The van der Waals surface area contributed by atoms with Gasteiger partial charge in [0.1, 0.15) is 12.6 Å². The number of rotatable bonds is 13. The van der Waals surface area contributed by atoms with Crippen molar-refractivity contribution in [2.75, 3.05) is 6.54 Å². The van der Waals surface area contributed by atoms with Crippen LogP contribution in [-0.4, -0.2) is 70.1 Å². The van der Waals surface area contributed by atoms with Crippen LogP contribution in [0.5, 0.6) is 0 Å². The molecule has 11 heteroatoms. The number of nitrogens with zero attached hydrogens (tertiary/aromatic N) is 1. The molecule has 1 heterocycles. The lowest BCUT2D eigenvalue weighted by Gasteiger charge is -2.39. The van der Waals surface area contributed by atoms with Gasteiger partial charge in [-0.05, 0) is 55.9 Å². The number of nitrogens with two attached hydrogens (primary N) is 1. The summed E-state index contributed by atoms with van der Waals surface area (Å²) in [7, 11) is 0. The van der Waals surface area contributed by atoms with Gasteiger partial charge in [0, 0.05) is 18.6 Å². The number of primary amides is 1. The minimum Gasteiger partial charge on any atom is -0.445 e. The third-order valence-corrected chi connectivity index (χ3v) is 7.89. The van der Waals surface area contributed by atoms with Gasteiger partial charge < -0.3 is 31.5 Å². The van der Waals surface area contributed by atoms with Crippen LogP contribution in [0.15, 0.2) is 84.9 Å². The van der Waals surface area contributed by atoms with Gasteiger partial charge in [-0.25, -0.2) is 4.79 Å². The van der Waals surface area contributed by atoms with E-state index >= 15 is 0 Å². The van der Waals surface area contributed by atoms with Crippen molar-refractivity contribution in [3.63, 3.8) is 0 Å². The van der Waals surface area contributed by atoms with Gasteiger partial charge in [0.15, 0.2) is 0 Å². The van der Waals surface area contributed by atoms with Crippen LogP contribution in [0.4, 0.5) is 4.79 Å². The third kappa shape index (κ3) is 10.9. The Labute approximate surface area is 275 Å². The zero-order chi connectivity index (χ0) is 34.0. The van der Waals surface area contributed by atoms with E-state index < -0.39 is 54.1 Å². The number of alkyl carbamates (subject to hydrolysis) is 1. The lowest BCUT2D eigenvalue weighted by molar-refractivity contribution is -0.130. The summed E-state index contributed by atoms with van der Waals surface area (Å²) >= 11 is 0. The quantitative estimate of drug-likeness (QED) is 0.191. The monoisotopic (exact) mass is 643 g/mol. The summed E-state index contributed by atoms with van der Waals surface area (Å²) in [5.41, 5.74) is 8.71. The van der Waals surface area contributed by atoms with Crippen molar-refractivity contribution in [3.8, 4) is 0 Å². The van der Waals surface area contributed by atoms with E-state index in [9.17, 15) is 24.3 Å². The fraction of sp³-hybridized carbons (Fsp3) is 0.389. The summed E-state index contributed by atoms with van der Waals surface area (Å²) in [4.78, 5) is 53.6. The first-order valence-electron chi connectivity index (χ1n) is 15.8. The molecule has 0 radical (unpaired) electrons. The second-order valence-corrected chi connectivity index (χ2v) is 13.0. The van der Waals surface area contributed by atoms with Crippen LogP contribution in [0.3, 0.4) is 0 Å². The Morgan fingerprint density at radius 3 is 2.11 bits per heavy atom. The molecular formula is C36H45N5O6. The summed E-state index contributed by atoms with van der Waals surface area (Å²) in [6, 6.07) is 23.5. The number of hydrogen-bond acceptors (Lipinski definition) is 7. The SMILES string of the molecule is CC(C)(C)NC(=O)[C@H]1Cc2ccccc2CN1C[C@@H](O)[C@H](Cc1ccccc1)NC(=O)[C@H](CC(N)=O)NC(=O)OCc1ccccc1. The minimum absolute atomic E-state index is 0.0319. The van der Waals surface area contributed by atoms with E-state index in [-0.39, 0.29) is 25.5 Å². The molecule has 47 heavy (non-hydrogen) atoms. The second-order valence-electron chi connectivity index (χ2n) is 13.0. The standard InChI is InChI=1S/C36H45N5O6/c1-36(2,3)40-34(45)30-19-26-16-10-11-17-27(26)21-41(30)22-31(42)28(18-24-12-6-4-7-13-24)38-33(44)29(20-32(37)43)39-35(46)47-23-25-14-8-5-9-15-25/h4-17,28-31,42H,18-23H2,1-3H3,(H2,37,43)(H,38,44)(H,39,46)(H,40,45)/t28-,29-,30+,31+/m0/s1. The molecule has 4 rings (SSSR count). The van der Waals surface area contributed by atoms with Gasteiger partial charge in [-0.15, -0.1) is 0 Å². The van der Waals surface area contributed by atoms with Crippen molar-refractivity contribution >= 4 is 23.8 Å². The minimum atomic E-state index is -1.34.